The highest BCUT2D eigenvalue weighted by Crippen LogP contribution is 2.51. The fourth-order valence-corrected chi connectivity index (χ4v) is 3.07. The van der Waals surface area contributed by atoms with Crippen LogP contribution < -0.4 is 5.32 Å². The normalized spacial score (nSPS) is 16.8. The van der Waals surface area contributed by atoms with Gasteiger partial charge in [0, 0.05) is 18.7 Å². The Bertz CT molecular complexity index is 614. The van der Waals surface area contributed by atoms with Gasteiger partial charge in [-0.05, 0) is 41.0 Å². The lowest BCUT2D eigenvalue weighted by atomic mass is 9.92. The molecule has 106 valence electrons. The van der Waals surface area contributed by atoms with Crippen LogP contribution >= 0.6 is 0 Å². The third-order valence-corrected chi connectivity index (χ3v) is 4.91. The minimum atomic E-state index is 0.394. The minimum absolute atomic E-state index is 0.394. The Morgan fingerprint density at radius 1 is 1.15 bits per heavy atom. The lowest BCUT2D eigenvalue weighted by Crippen LogP contribution is -2.27. The Morgan fingerprint density at radius 3 is 2.60 bits per heavy atom. The number of nitrogens with one attached hydrogen (secondary N) is 1. The van der Waals surface area contributed by atoms with Crippen LogP contribution in [0.5, 0.6) is 5.75 Å². The number of hydrogen-bond acceptors (Lipinski definition) is 2. The second kappa shape index (κ2) is 5.10. The van der Waals surface area contributed by atoms with E-state index in [4.69, 9.17) is 0 Å². The van der Waals surface area contributed by atoms with Crippen molar-refractivity contribution in [1.29, 1.82) is 0 Å². The van der Waals surface area contributed by atoms with Crippen molar-refractivity contribution < 1.29 is 5.11 Å². The number of rotatable bonds is 5. The van der Waals surface area contributed by atoms with Crippen LogP contribution in [0.2, 0.25) is 0 Å². The van der Waals surface area contributed by atoms with Crippen molar-refractivity contribution in [3.63, 3.8) is 0 Å². The van der Waals surface area contributed by atoms with Gasteiger partial charge in [-0.2, -0.15) is 0 Å². The molecule has 0 bridgehead atoms. The molecular formula is C18H23NO. The standard InChI is InChI=1S/C18H23NO/c1-13(2)18(9-10-18)12-19-11-16-15-6-4-3-5-14(15)7-8-17(16)20/h3-8,13,19-20H,9-12H2,1-2H3. The highest BCUT2D eigenvalue weighted by molar-refractivity contribution is 5.87. The number of phenolic OH excluding ortho intramolecular Hbond substituents is 1. The first kappa shape index (κ1) is 13.4. The number of aromatic hydroxyl groups is 1. The molecule has 0 unspecified atom stereocenters. The number of fused-ring (bicyclic) bond motifs is 1. The van der Waals surface area contributed by atoms with Gasteiger partial charge >= 0.3 is 0 Å². The molecular weight excluding hydrogens is 246 g/mol. The van der Waals surface area contributed by atoms with E-state index in [1.807, 2.05) is 18.2 Å². The average molecular weight is 269 g/mol. The highest BCUT2D eigenvalue weighted by Gasteiger charge is 2.44. The van der Waals surface area contributed by atoms with Gasteiger partial charge in [-0.3, -0.25) is 0 Å². The highest BCUT2D eigenvalue weighted by atomic mass is 16.3. The fraction of sp³-hybridized carbons (Fsp3) is 0.444. The van der Waals surface area contributed by atoms with Gasteiger partial charge in [-0.15, -0.1) is 0 Å². The molecule has 1 aliphatic carbocycles. The molecule has 20 heavy (non-hydrogen) atoms. The monoisotopic (exact) mass is 269 g/mol. The zero-order valence-electron chi connectivity index (χ0n) is 12.3. The van der Waals surface area contributed by atoms with Gasteiger partial charge in [0.25, 0.3) is 0 Å². The van der Waals surface area contributed by atoms with E-state index in [9.17, 15) is 5.11 Å². The quantitative estimate of drug-likeness (QED) is 0.857. The molecule has 0 saturated heterocycles. The first-order chi connectivity index (χ1) is 9.62. The SMILES string of the molecule is CC(C)C1(CNCc2c(O)ccc3ccccc23)CC1. The lowest BCUT2D eigenvalue weighted by Gasteiger charge is -2.20. The van der Waals surface area contributed by atoms with Crippen LogP contribution in [-0.4, -0.2) is 11.7 Å². The Hall–Kier alpha value is -1.54. The maximum absolute atomic E-state index is 10.1. The van der Waals surface area contributed by atoms with E-state index in [0.29, 0.717) is 11.2 Å². The molecule has 0 atom stereocenters. The summed E-state index contributed by atoms with van der Waals surface area (Å²) >= 11 is 0. The molecule has 0 radical (unpaired) electrons. The van der Waals surface area contributed by atoms with Crippen molar-refractivity contribution in [2.45, 2.75) is 33.2 Å². The van der Waals surface area contributed by atoms with Gasteiger partial charge in [0.15, 0.2) is 0 Å². The topological polar surface area (TPSA) is 32.3 Å². The Kier molecular flexibility index (Phi) is 3.43. The van der Waals surface area contributed by atoms with Crippen LogP contribution in [0.4, 0.5) is 0 Å². The Balaban J connectivity index is 1.76. The van der Waals surface area contributed by atoms with Crippen molar-refractivity contribution in [2.24, 2.45) is 11.3 Å². The number of phenols is 1. The van der Waals surface area contributed by atoms with Crippen LogP contribution in [0, 0.1) is 11.3 Å². The average Bonchev–Trinajstić information content (AvgIpc) is 3.22. The van der Waals surface area contributed by atoms with Crippen molar-refractivity contribution in [3.05, 3.63) is 42.0 Å². The molecule has 0 aromatic heterocycles. The molecule has 1 saturated carbocycles. The second-order valence-corrected chi connectivity index (χ2v) is 6.41. The third-order valence-electron chi connectivity index (χ3n) is 4.91. The summed E-state index contributed by atoms with van der Waals surface area (Å²) in [6.07, 6.45) is 2.67. The summed E-state index contributed by atoms with van der Waals surface area (Å²) in [6, 6.07) is 12.0. The maximum atomic E-state index is 10.1. The summed E-state index contributed by atoms with van der Waals surface area (Å²) in [5.74, 6) is 1.13. The van der Waals surface area contributed by atoms with Crippen molar-refractivity contribution in [3.8, 4) is 5.75 Å². The first-order valence-corrected chi connectivity index (χ1v) is 7.53. The van der Waals surface area contributed by atoms with Crippen LogP contribution in [-0.2, 0) is 6.54 Å². The van der Waals surface area contributed by atoms with E-state index in [-0.39, 0.29) is 0 Å². The smallest absolute Gasteiger partial charge is 0.120 e. The second-order valence-electron chi connectivity index (χ2n) is 6.41. The van der Waals surface area contributed by atoms with Crippen LogP contribution in [0.1, 0.15) is 32.3 Å². The molecule has 0 heterocycles. The molecule has 0 aliphatic heterocycles. The summed E-state index contributed by atoms with van der Waals surface area (Å²) in [6.45, 7) is 6.41. The summed E-state index contributed by atoms with van der Waals surface area (Å²) < 4.78 is 0. The molecule has 0 amide bonds. The van der Waals surface area contributed by atoms with Crippen molar-refractivity contribution in [2.75, 3.05) is 6.54 Å². The van der Waals surface area contributed by atoms with Gasteiger partial charge in [0.05, 0.1) is 0 Å². The molecule has 2 aromatic carbocycles. The first-order valence-electron chi connectivity index (χ1n) is 7.53. The summed E-state index contributed by atoms with van der Waals surface area (Å²) in [5, 5.41) is 16.0. The summed E-state index contributed by atoms with van der Waals surface area (Å²) in [4.78, 5) is 0. The molecule has 1 aliphatic rings. The van der Waals surface area contributed by atoms with Gasteiger partial charge in [-0.25, -0.2) is 0 Å². The maximum Gasteiger partial charge on any atom is 0.120 e. The van der Waals surface area contributed by atoms with E-state index in [0.717, 1.165) is 30.0 Å². The van der Waals surface area contributed by atoms with Crippen molar-refractivity contribution in [1.82, 2.24) is 5.32 Å². The predicted octanol–water partition coefficient (Wildman–Crippen LogP) is 4.07. The zero-order valence-corrected chi connectivity index (χ0v) is 12.3. The molecule has 3 rings (SSSR count). The third kappa shape index (κ3) is 2.40. The van der Waals surface area contributed by atoms with E-state index >= 15 is 0 Å². The molecule has 2 nitrogen and oxygen atoms in total. The minimum Gasteiger partial charge on any atom is -0.508 e. The van der Waals surface area contributed by atoms with Gasteiger partial charge in [0.2, 0.25) is 0 Å². The molecule has 0 spiro atoms. The van der Waals surface area contributed by atoms with E-state index in [1.54, 1.807) is 6.07 Å². The summed E-state index contributed by atoms with van der Waals surface area (Å²) in [7, 11) is 0. The molecule has 2 aromatic rings. The molecule has 2 N–H and O–H groups in total. The van der Waals surface area contributed by atoms with E-state index in [2.05, 4.69) is 31.3 Å². The lowest BCUT2D eigenvalue weighted by molar-refractivity contribution is 0.337. The molecule has 2 heteroatoms. The van der Waals surface area contributed by atoms with E-state index < -0.39 is 0 Å². The molecule has 1 fully saturated rings. The number of hydrogen-bond donors (Lipinski definition) is 2. The zero-order chi connectivity index (χ0) is 14.2. The Labute approximate surface area is 120 Å². The van der Waals surface area contributed by atoms with Gasteiger partial charge in [-0.1, -0.05) is 44.2 Å². The Morgan fingerprint density at radius 2 is 1.90 bits per heavy atom. The fourth-order valence-electron chi connectivity index (χ4n) is 3.07. The van der Waals surface area contributed by atoms with Crippen LogP contribution in [0.15, 0.2) is 36.4 Å². The predicted molar refractivity (Wildman–Crippen MR) is 83.8 cm³/mol. The largest absolute Gasteiger partial charge is 0.508 e. The summed E-state index contributed by atoms with van der Waals surface area (Å²) in [5.41, 5.74) is 1.52. The van der Waals surface area contributed by atoms with Gasteiger partial charge < -0.3 is 10.4 Å². The van der Waals surface area contributed by atoms with Crippen LogP contribution in [0.25, 0.3) is 10.8 Å². The van der Waals surface area contributed by atoms with E-state index in [1.165, 1.54) is 18.2 Å². The van der Waals surface area contributed by atoms with Gasteiger partial charge in [0.1, 0.15) is 5.75 Å². The van der Waals surface area contributed by atoms with Crippen molar-refractivity contribution >= 4 is 10.8 Å². The number of benzene rings is 2. The van der Waals surface area contributed by atoms with Crippen LogP contribution in [0.3, 0.4) is 0 Å².